The molecule has 0 bridgehead atoms. The van der Waals surface area contributed by atoms with E-state index >= 15 is 0 Å². The standard InChI is InChI=1S/C21H25N3O8/c1-12(25)29-11-17-19(30-13(2)26)20(31-14(3)27)18(21(28-4)32-17)24-10-16(22-23-24)15-8-6-5-7-9-15/h5-10,17-21H,11H2,1-4H3/t17-,18+,19-,20+,21+/m1/s1. The lowest BCUT2D eigenvalue weighted by Gasteiger charge is -2.44. The molecule has 0 radical (unpaired) electrons. The van der Waals surface area contributed by atoms with E-state index in [4.69, 9.17) is 23.7 Å². The zero-order valence-corrected chi connectivity index (χ0v) is 18.2. The third kappa shape index (κ3) is 5.48. The van der Waals surface area contributed by atoms with Crippen LogP contribution in [-0.2, 0) is 38.1 Å². The third-order valence-electron chi connectivity index (χ3n) is 4.79. The van der Waals surface area contributed by atoms with Crippen LogP contribution >= 0.6 is 0 Å². The van der Waals surface area contributed by atoms with Crippen molar-refractivity contribution in [1.29, 1.82) is 0 Å². The molecule has 172 valence electrons. The molecule has 0 aliphatic carbocycles. The fraction of sp³-hybridized carbons (Fsp3) is 0.476. The molecule has 0 amide bonds. The molecule has 11 nitrogen and oxygen atoms in total. The number of hydrogen-bond donors (Lipinski definition) is 0. The molecule has 1 aromatic heterocycles. The highest BCUT2D eigenvalue weighted by molar-refractivity contribution is 5.68. The number of esters is 3. The molecule has 5 atom stereocenters. The molecule has 0 unspecified atom stereocenters. The van der Waals surface area contributed by atoms with Gasteiger partial charge in [-0.2, -0.15) is 0 Å². The van der Waals surface area contributed by atoms with Crippen LogP contribution in [0.2, 0.25) is 0 Å². The van der Waals surface area contributed by atoms with Gasteiger partial charge in [-0.3, -0.25) is 14.4 Å². The zero-order valence-electron chi connectivity index (χ0n) is 18.2. The SMILES string of the molecule is CO[C@H]1O[C@H](COC(C)=O)[C@@H](OC(C)=O)[C@@H](OC(C)=O)[C@@H]1n1cc(-c2ccccc2)nn1. The summed E-state index contributed by atoms with van der Waals surface area (Å²) in [4.78, 5) is 35.1. The number of hydrogen-bond acceptors (Lipinski definition) is 10. The van der Waals surface area contributed by atoms with Gasteiger partial charge in [0, 0.05) is 33.4 Å². The van der Waals surface area contributed by atoms with Gasteiger partial charge in [0.05, 0.1) is 6.20 Å². The summed E-state index contributed by atoms with van der Waals surface area (Å²) < 4.78 is 28.9. The lowest BCUT2D eigenvalue weighted by atomic mass is 9.96. The Morgan fingerprint density at radius 3 is 2.25 bits per heavy atom. The van der Waals surface area contributed by atoms with Crippen molar-refractivity contribution >= 4 is 17.9 Å². The van der Waals surface area contributed by atoms with Crippen LogP contribution in [0.4, 0.5) is 0 Å². The second kappa shape index (κ2) is 10.3. The Bertz CT molecular complexity index is 948. The van der Waals surface area contributed by atoms with Crippen molar-refractivity contribution in [3.8, 4) is 11.3 Å². The number of rotatable bonds is 7. The third-order valence-corrected chi connectivity index (χ3v) is 4.79. The molecule has 0 N–H and O–H groups in total. The molecule has 1 aliphatic rings. The summed E-state index contributed by atoms with van der Waals surface area (Å²) in [7, 11) is 1.41. The molecule has 1 saturated heterocycles. The molecule has 1 aromatic carbocycles. The number of ether oxygens (including phenoxy) is 5. The van der Waals surface area contributed by atoms with Crippen LogP contribution in [0.1, 0.15) is 26.8 Å². The number of carbonyl (C=O) groups excluding carboxylic acids is 3. The minimum atomic E-state index is -1.09. The minimum Gasteiger partial charge on any atom is -0.463 e. The molecule has 1 fully saturated rings. The summed E-state index contributed by atoms with van der Waals surface area (Å²) in [6, 6.07) is 8.53. The van der Waals surface area contributed by atoms with Gasteiger partial charge in [0.2, 0.25) is 0 Å². The van der Waals surface area contributed by atoms with Crippen LogP contribution in [0.3, 0.4) is 0 Å². The fourth-order valence-electron chi connectivity index (χ4n) is 3.52. The summed E-state index contributed by atoms with van der Waals surface area (Å²) >= 11 is 0. The van der Waals surface area contributed by atoms with Gasteiger partial charge in [-0.05, 0) is 0 Å². The highest BCUT2D eigenvalue weighted by Gasteiger charge is 2.52. The van der Waals surface area contributed by atoms with Crippen molar-refractivity contribution in [3.63, 3.8) is 0 Å². The van der Waals surface area contributed by atoms with Crippen molar-refractivity contribution in [2.24, 2.45) is 0 Å². The smallest absolute Gasteiger partial charge is 0.303 e. The van der Waals surface area contributed by atoms with Gasteiger partial charge in [-0.1, -0.05) is 35.5 Å². The van der Waals surface area contributed by atoms with Crippen molar-refractivity contribution in [2.75, 3.05) is 13.7 Å². The lowest BCUT2D eigenvalue weighted by Crippen LogP contribution is -2.59. The second-order valence-corrected chi connectivity index (χ2v) is 7.17. The van der Waals surface area contributed by atoms with E-state index in [1.165, 1.54) is 32.6 Å². The highest BCUT2D eigenvalue weighted by atomic mass is 16.7. The van der Waals surface area contributed by atoms with Crippen LogP contribution in [0.5, 0.6) is 0 Å². The first-order valence-corrected chi connectivity index (χ1v) is 9.93. The van der Waals surface area contributed by atoms with E-state index in [0.717, 1.165) is 5.56 Å². The predicted molar refractivity (Wildman–Crippen MR) is 108 cm³/mol. The van der Waals surface area contributed by atoms with E-state index in [1.54, 1.807) is 6.20 Å². The summed E-state index contributed by atoms with van der Waals surface area (Å²) in [6.45, 7) is 3.46. The number of methoxy groups -OCH3 is 1. The second-order valence-electron chi connectivity index (χ2n) is 7.17. The van der Waals surface area contributed by atoms with Gasteiger partial charge in [0.15, 0.2) is 18.5 Å². The molecule has 3 rings (SSSR count). The average Bonchev–Trinajstić information content (AvgIpc) is 3.23. The van der Waals surface area contributed by atoms with E-state index in [1.807, 2.05) is 30.3 Å². The molecule has 2 aromatic rings. The van der Waals surface area contributed by atoms with Gasteiger partial charge < -0.3 is 23.7 Å². The van der Waals surface area contributed by atoms with E-state index in [0.29, 0.717) is 5.69 Å². The predicted octanol–water partition coefficient (Wildman–Crippen LogP) is 1.28. The monoisotopic (exact) mass is 447 g/mol. The maximum Gasteiger partial charge on any atom is 0.303 e. The zero-order chi connectivity index (χ0) is 23.3. The minimum absolute atomic E-state index is 0.232. The quantitative estimate of drug-likeness (QED) is 0.452. The van der Waals surface area contributed by atoms with Crippen LogP contribution in [0.25, 0.3) is 11.3 Å². The molecule has 0 saturated carbocycles. The number of carbonyl (C=O) groups is 3. The maximum absolute atomic E-state index is 11.9. The first kappa shape index (κ1) is 23.4. The Morgan fingerprint density at radius 1 is 1.00 bits per heavy atom. The van der Waals surface area contributed by atoms with Crippen molar-refractivity contribution in [2.45, 2.75) is 51.4 Å². The average molecular weight is 447 g/mol. The molecule has 11 heteroatoms. The Balaban J connectivity index is 2.00. The van der Waals surface area contributed by atoms with Crippen LogP contribution in [0, 0.1) is 0 Å². The lowest BCUT2D eigenvalue weighted by molar-refractivity contribution is -0.282. The topological polar surface area (TPSA) is 128 Å². The maximum atomic E-state index is 11.9. The largest absolute Gasteiger partial charge is 0.463 e. The van der Waals surface area contributed by atoms with Crippen LogP contribution in [-0.4, -0.2) is 71.2 Å². The highest BCUT2D eigenvalue weighted by Crippen LogP contribution is 2.35. The molecule has 2 heterocycles. The number of nitrogens with zero attached hydrogens (tertiary/aromatic N) is 3. The number of aromatic nitrogens is 3. The summed E-state index contributed by atoms with van der Waals surface area (Å²) in [5, 5.41) is 8.37. The van der Waals surface area contributed by atoms with E-state index < -0.39 is 48.6 Å². The van der Waals surface area contributed by atoms with Gasteiger partial charge in [-0.15, -0.1) is 5.10 Å². The van der Waals surface area contributed by atoms with E-state index in [-0.39, 0.29) is 6.61 Å². The van der Waals surface area contributed by atoms with Gasteiger partial charge in [0.25, 0.3) is 0 Å². The van der Waals surface area contributed by atoms with Gasteiger partial charge in [-0.25, -0.2) is 4.68 Å². The molecular formula is C21H25N3O8. The Morgan fingerprint density at radius 2 is 1.66 bits per heavy atom. The van der Waals surface area contributed by atoms with E-state index in [2.05, 4.69) is 10.3 Å². The Hall–Kier alpha value is -3.31. The summed E-state index contributed by atoms with van der Waals surface area (Å²) in [6.07, 6.45) is -2.40. The van der Waals surface area contributed by atoms with Crippen LogP contribution < -0.4 is 0 Å². The van der Waals surface area contributed by atoms with Crippen molar-refractivity contribution in [1.82, 2.24) is 15.0 Å². The van der Waals surface area contributed by atoms with Gasteiger partial charge >= 0.3 is 17.9 Å². The molecular weight excluding hydrogens is 422 g/mol. The normalized spacial score (nSPS) is 25.1. The molecule has 1 aliphatic heterocycles. The van der Waals surface area contributed by atoms with Crippen molar-refractivity contribution in [3.05, 3.63) is 36.5 Å². The molecule has 32 heavy (non-hydrogen) atoms. The van der Waals surface area contributed by atoms with Gasteiger partial charge in [0.1, 0.15) is 24.4 Å². The molecule has 0 spiro atoms. The Labute approximate surface area is 184 Å². The van der Waals surface area contributed by atoms with E-state index in [9.17, 15) is 14.4 Å². The Kier molecular flexibility index (Phi) is 7.54. The fourth-order valence-corrected chi connectivity index (χ4v) is 3.52. The first-order valence-electron chi connectivity index (χ1n) is 9.93. The van der Waals surface area contributed by atoms with Crippen LogP contribution in [0.15, 0.2) is 36.5 Å². The summed E-state index contributed by atoms with van der Waals surface area (Å²) in [5.41, 5.74) is 1.41. The number of benzene rings is 1. The van der Waals surface area contributed by atoms with Crippen molar-refractivity contribution < 1.29 is 38.1 Å². The first-order chi connectivity index (χ1) is 15.3. The summed E-state index contributed by atoms with van der Waals surface area (Å²) in [5.74, 6) is -1.77.